The lowest BCUT2D eigenvalue weighted by Crippen LogP contribution is -2.50. The molecule has 0 bridgehead atoms. The molecule has 2 amide bonds. The molecule has 0 saturated carbocycles. The van der Waals surface area contributed by atoms with Crippen LogP contribution in [0.3, 0.4) is 0 Å². The monoisotopic (exact) mass is 418 g/mol. The molecule has 0 radical (unpaired) electrons. The number of hydrogen-bond donors (Lipinski definition) is 0. The molecule has 2 heterocycles. The second-order valence-corrected chi connectivity index (χ2v) is 8.20. The Balaban J connectivity index is 1.82. The lowest BCUT2D eigenvalue weighted by Gasteiger charge is -2.33. The Labute approximate surface area is 171 Å². The van der Waals surface area contributed by atoms with E-state index in [2.05, 4.69) is 0 Å². The van der Waals surface area contributed by atoms with Crippen LogP contribution in [0.4, 0.5) is 14.5 Å². The summed E-state index contributed by atoms with van der Waals surface area (Å²) < 4.78 is 32.4. The van der Waals surface area contributed by atoms with E-state index in [1.807, 2.05) is 0 Å². The van der Waals surface area contributed by atoms with Crippen LogP contribution in [-0.4, -0.2) is 36.1 Å². The first-order chi connectivity index (χ1) is 13.9. The zero-order chi connectivity index (χ0) is 20.8. The van der Waals surface area contributed by atoms with E-state index in [-0.39, 0.29) is 24.8 Å². The number of nitrogens with zero attached hydrogens (tertiary/aromatic N) is 2. The second-order valence-electron chi connectivity index (χ2n) is 6.91. The van der Waals surface area contributed by atoms with E-state index in [9.17, 15) is 18.4 Å². The highest BCUT2D eigenvalue weighted by molar-refractivity contribution is 8.01. The minimum atomic E-state index is -1.16. The minimum Gasteiger partial charge on any atom is -0.497 e. The molecule has 2 aliphatic heterocycles. The highest BCUT2D eigenvalue weighted by Gasteiger charge is 2.59. The van der Waals surface area contributed by atoms with Crippen LogP contribution in [0.1, 0.15) is 24.5 Å². The number of hydrogen-bond acceptors (Lipinski definition) is 4. The molecule has 29 heavy (non-hydrogen) atoms. The first kappa shape index (κ1) is 19.7. The number of benzene rings is 2. The summed E-state index contributed by atoms with van der Waals surface area (Å²) >= 11 is 1.42. The molecular weight excluding hydrogens is 398 g/mol. The summed E-state index contributed by atoms with van der Waals surface area (Å²) in [5.41, 5.74) is 1.80. The van der Waals surface area contributed by atoms with Crippen LogP contribution in [0.5, 0.6) is 5.75 Å². The van der Waals surface area contributed by atoms with E-state index in [0.29, 0.717) is 34.9 Å². The Hall–Kier alpha value is -2.61. The van der Waals surface area contributed by atoms with Crippen molar-refractivity contribution in [3.63, 3.8) is 0 Å². The van der Waals surface area contributed by atoms with Gasteiger partial charge in [-0.15, -0.1) is 11.8 Å². The zero-order valence-corrected chi connectivity index (χ0v) is 16.9. The lowest BCUT2D eigenvalue weighted by atomic mass is 10.0. The van der Waals surface area contributed by atoms with Crippen LogP contribution in [0, 0.1) is 11.6 Å². The maximum atomic E-state index is 13.7. The van der Waals surface area contributed by atoms with Crippen LogP contribution in [0.25, 0.3) is 0 Å². The summed E-state index contributed by atoms with van der Waals surface area (Å²) in [7, 11) is 1.54. The molecule has 8 heteroatoms. The molecule has 0 N–H and O–H groups in total. The standard InChI is InChI=1S/C21H20F2N2O3S/c1-3-19(26)25-8-9-29-21(25)15-11-14(28-2)5-7-18(15)24(20(21)27)12-13-4-6-16(22)17(23)10-13/h4-7,10-11H,3,8-9,12H2,1-2H3/t21-/m0/s1. The van der Waals surface area contributed by atoms with Gasteiger partial charge in [-0.25, -0.2) is 8.78 Å². The van der Waals surface area contributed by atoms with E-state index in [0.717, 1.165) is 12.1 Å². The number of carbonyl (C=O) groups excluding carboxylic acids is 2. The minimum absolute atomic E-state index is 0.0752. The van der Waals surface area contributed by atoms with Gasteiger partial charge >= 0.3 is 0 Å². The first-order valence-electron chi connectivity index (χ1n) is 9.31. The van der Waals surface area contributed by atoms with Crippen molar-refractivity contribution < 1.29 is 23.1 Å². The topological polar surface area (TPSA) is 49.9 Å². The molecule has 0 aliphatic carbocycles. The Kier molecular flexibility index (Phi) is 4.98. The van der Waals surface area contributed by atoms with Gasteiger partial charge in [0.05, 0.1) is 19.3 Å². The zero-order valence-electron chi connectivity index (χ0n) is 16.1. The predicted molar refractivity (Wildman–Crippen MR) is 107 cm³/mol. The van der Waals surface area contributed by atoms with E-state index >= 15 is 0 Å². The van der Waals surface area contributed by atoms with Crippen molar-refractivity contribution in [3.05, 3.63) is 59.2 Å². The molecule has 2 aromatic rings. The molecule has 1 atom stereocenters. The van der Waals surface area contributed by atoms with Crippen molar-refractivity contribution in [1.29, 1.82) is 0 Å². The molecule has 0 aromatic heterocycles. The number of halogens is 2. The maximum absolute atomic E-state index is 13.7. The normalized spacial score (nSPS) is 20.5. The van der Waals surface area contributed by atoms with Crippen molar-refractivity contribution >= 4 is 29.3 Å². The number of rotatable bonds is 4. The predicted octanol–water partition coefficient (Wildman–Crippen LogP) is 3.66. The van der Waals surface area contributed by atoms with E-state index in [4.69, 9.17) is 4.74 Å². The number of anilines is 1. The van der Waals surface area contributed by atoms with Gasteiger partial charge in [-0.05, 0) is 35.9 Å². The molecule has 1 spiro atoms. The van der Waals surface area contributed by atoms with Gasteiger partial charge in [-0.1, -0.05) is 13.0 Å². The lowest BCUT2D eigenvalue weighted by molar-refractivity contribution is -0.139. The summed E-state index contributed by atoms with van der Waals surface area (Å²) in [6.45, 7) is 2.31. The van der Waals surface area contributed by atoms with Crippen molar-refractivity contribution in [2.45, 2.75) is 24.8 Å². The Morgan fingerprint density at radius 1 is 1.21 bits per heavy atom. The highest BCUT2D eigenvalue weighted by Crippen LogP contribution is 2.55. The molecule has 152 valence electrons. The number of methoxy groups -OCH3 is 1. The SMILES string of the molecule is CCC(=O)N1CCS[C@@]12C(=O)N(Cc1ccc(F)c(F)c1)c1ccc(OC)cc12. The number of ether oxygens (including phenoxy) is 1. The Morgan fingerprint density at radius 2 is 2.00 bits per heavy atom. The molecule has 0 unspecified atom stereocenters. The van der Waals surface area contributed by atoms with Crippen molar-refractivity contribution in [3.8, 4) is 5.75 Å². The van der Waals surface area contributed by atoms with E-state index in [1.165, 1.54) is 22.7 Å². The molecular formula is C21H20F2N2O3S. The van der Waals surface area contributed by atoms with Crippen molar-refractivity contribution in [2.75, 3.05) is 24.3 Å². The average Bonchev–Trinajstić information content (AvgIpc) is 3.27. The fourth-order valence-corrected chi connectivity index (χ4v) is 5.42. The van der Waals surface area contributed by atoms with Gasteiger partial charge in [-0.3, -0.25) is 9.59 Å². The number of carbonyl (C=O) groups is 2. The smallest absolute Gasteiger partial charge is 0.268 e. The molecule has 1 fully saturated rings. The largest absolute Gasteiger partial charge is 0.497 e. The Morgan fingerprint density at radius 3 is 2.69 bits per heavy atom. The number of fused-ring (bicyclic) bond motifs is 2. The van der Waals surface area contributed by atoms with Gasteiger partial charge in [0.2, 0.25) is 5.91 Å². The summed E-state index contributed by atoms with van der Waals surface area (Å²) in [6, 6.07) is 8.90. The fraction of sp³-hybridized carbons (Fsp3) is 0.333. The van der Waals surface area contributed by atoms with Gasteiger partial charge in [-0.2, -0.15) is 0 Å². The summed E-state index contributed by atoms with van der Waals surface area (Å²) in [5.74, 6) is -1.04. The first-order valence-corrected chi connectivity index (χ1v) is 10.3. The van der Waals surface area contributed by atoms with Crippen LogP contribution >= 0.6 is 11.8 Å². The van der Waals surface area contributed by atoms with Gasteiger partial charge in [0.25, 0.3) is 5.91 Å². The number of thioether (sulfide) groups is 1. The average molecular weight is 418 g/mol. The van der Waals surface area contributed by atoms with Crippen LogP contribution < -0.4 is 9.64 Å². The summed E-state index contributed by atoms with van der Waals surface area (Å²) in [5, 5.41) is 0. The quantitative estimate of drug-likeness (QED) is 0.761. The summed E-state index contributed by atoms with van der Waals surface area (Å²) in [6.07, 6.45) is 0.290. The van der Waals surface area contributed by atoms with Gasteiger partial charge in [0.15, 0.2) is 16.5 Å². The van der Waals surface area contributed by atoms with Crippen molar-refractivity contribution in [2.24, 2.45) is 0 Å². The number of amides is 2. The third kappa shape index (κ3) is 2.97. The van der Waals surface area contributed by atoms with E-state index in [1.54, 1.807) is 37.1 Å². The van der Waals surface area contributed by atoms with Crippen LogP contribution in [0.15, 0.2) is 36.4 Å². The van der Waals surface area contributed by atoms with Gasteiger partial charge in [0, 0.05) is 24.3 Å². The fourth-order valence-electron chi connectivity index (χ4n) is 3.95. The Bertz CT molecular complexity index is 1000. The van der Waals surface area contributed by atoms with E-state index < -0.39 is 16.5 Å². The third-order valence-corrected chi connectivity index (χ3v) is 6.75. The maximum Gasteiger partial charge on any atom is 0.268 e. The highest BCUT2D eigenvalue weighted by atomic mass is 32.2. The van der Waals surface area contributed by atoms with Gasteiger partial charge in [0.1, 0.15) is 5.75 Å². The molecule has 2 aromatic carbocycles. The van der Waals surface area contributed by atoms with Gasteiger partial charge < -0.3 is 14.5 Å². The van der Waals surface area contributed by atoms with Crippen molar-refractivity contribution in [1.82, 2.24) is 4.90 Å². The van der Waals surface area contributed by atoms with Crippen LogP contribution in [-0.2, 0) is 21.0 Å². The molecule has 5 nitrogen and oxygen atoms in total. The summed E-state index contributed by atoms with van der Waals surface area (Å²) in [4.78, 5) is 28.3. The second kappa shape index (κ2) is 7.33. The molecule has 2 aliphatic rings. The molecule has 1 saturated heterocycles. The third-order valence-electron chi connectivity index (χ3n) is 5.33. The van der Waals surface area contributed by atoms with Crippen LogP contribution in [0.2, 0.25) is 0 Å². The molecule has 4 rings (SSSR count).